The number of rotatable bonds is 3. The van der Waals surface area contributed by atoms with Gasteiger partial charge in [-0.15, -0.1) is 0 Å². The molecule has 1 aliphatic heterocycles. The lowest BCUT2D eigenvalue weighted by Gasteiger charge is -2.45. The normalized spacial score (nSPS) is 18.4. The number of hydrogen-bond acceptors (Lipinski definition) is 7. The van der Waals surface area contributed by atoms with Gasteiger partial charge in [-0.1, -0.05) is 18.6 Å². The van der Waals surface area contributed by atoms with Crippen molar-refractivity contribution in [3.63, 3.8) is 0 Å². The highest BCUT2D eigenvalue weighted by molar-refractivity contribution is 6.06. The number of aromatic nitrogens is 2. The topological polar surface area (TPSA) is 118 Å². The Morgan fingerprint density at radius 1 is 1.07 bits per heavy atom. The maximum Gasteiger partial charge on any atom is 0.220 e. The van der Waals surface area contributed by atoms with E-state index < -0.39 is 5.66 Å². The summed E-state index contributed by atoms with van der Waals surface area (Å²) in [4.78, 5) is 19.2. The number of nitrogens with one attached hydrogen (secondary N) is 1. The standard InChI is InChI=1S/C22H25N7O/c1-30-16-7-5-6-14(12-16)19-25-17-9-8-15(13-18(17)26-19)29-21(24)27-20(23)28-22(29)10-3-2-4-11-22/h5-9,12-13H,2-4,10-11H2,1H3,(H,25,26)(H4,23,24,27,28). The van der Waals surface area contributed by atoms with E-state index in [-0.39, 0.29) is 5.96 Å². The Labute approximate surface area is 174 Å². The number of fused-ring (bicyclic) bond motifs is 1. The first-order valence-electron chi connectivity index (χ1n) is 10.2. The number of anilines is 1. The first-order chi connectivity index (χ1) is 14.6. The minimum Gasteiger partial charge on any atom is -0.497 e. The molecule has 2 heterocycles. The molecule has 0 bridgehead atoms. The van der Waals surface area contributed by atoms with Crippen LogP contribution in [-0.2, 0) is 0 Å². The zero-order valence-electron chi connectivity index (χ0n) is 16.9. The Kier molecular flexibility index (Phi) is 4.34. The molecule has 1 saturated carbocycles. The van der Waals surface area contributed by atoms with Crippen molar-refractivity contribution in [2.75, 3.05) is 12.0 Å². The van der Waals surface area contributed by atoms with E-state index in [0.717, 1.165) is 59.5 Å². The lowest BCUT2D eigenvalue weighted by Crippen LogP contribution is -2.58. The van der Waals surface area contributed by atoms with E-state index in [1.807, 2.05) is 41.3 Å². The monoisotopic (exact) mass is 403 g/mol. The molecule has 1 fully saturated rings. The third-order valence-corrected chi connectivity index (χ3v) is 5.92. The van der Waals surface area contributed by atoms with E-state index in [1.54, 1.807) is 7.11 Å². The quantitative estimate of drug-likeness (QED) is 0.620. The van der Waals surface area contributed by atoms with Gasteiger partial charge in [-0.3, -0.25) is 4.90 Å². The molecule has 0 saturated heterocycles. The van der Waals surface area contributed by atoms with Gasteiger partial charge in [0.2, 0.25) is 11.9 Å². The van der Waals surface area contributed by atoms with Gasteiger partial charge in [-0.05, 0) is 56.0 Å². The number of H-pyrrole nitrogens is 1. The van der Waals surface area contributed by atoms with Crippen molar-refractivity contribution in [2.45, 2.75) is 37.8 Å². The molecule has 154 valence electrons. The van der Waals surface area contributed by atoms with E-state index in [4.69, 9.17) is 26.2 Å². The van der Waals surface area contributed by atoms with Gasteiger partial charge in [0.25, 0.3) is 0 Å². The number of guanidine groups is 2. The number of nitrogens with two attached hydrogens (primary N) is 2. The predicted octanol–water partition coefficient (Wildman–Crippen LogP) is 3.35. The maximum atomic E-state index is 6.35. The van der Waals surface area contributed by atoms with Gasteiger partial charge in [0.05, 0.1) is 18.1 Å². The zero-order valence-corrected chi connectivity index (χ0v) is 16.9. The number of imidazole rings is 1. The van der Waals surface area contributed by atoms with E-state index in [9.17, 15) is 0 Å². The second kappa shape index (κ2) is 7.05. The van der Waals surface area contributed by atoms with Gasteiger partial charge < -0.3 is 21.2 Å². The highest BCUT2D eigenvalue weighted by Crippen LogP contribution is 2.40. The minimum absolute atomic E-state index is 0.258. The fraction of sp³-hybridized carbons (Fsp3) is 0.318. The second-order valence-corrected chi connectivity index (χ2v) is 7.84. The zero-order chi connectivity index (χ0) is 20.7. The molecule has 1 aromatic heterocycles. The van der Waals surface area contributed by atoms with Gasteiger partial charge in [0, 0.05) is 11.3 Å². The van der Waals surface area contributed by atoms with Crippen LogP contribution in [0.1, 0.15) is 32.1 Å². The van der Waals surface area contributed by atoms with Crippen LogP contribution in [0.4, 0.5) is 5.69 Å². The largest absolute Gasteiger partial charge is 0.497 e. The van der Waals surface area contributed by atoms with E-state index in [0.29, 0.717) is 5.96 Å². The fourth-order valence-electron chi connectivity index (χ4n) is 4.54. The Bertz CT molecular complexity index is 1160. The molecule has 30 heavy (non-hydrogen) atoms. The molecule has 8 heteroatoms. The van der Waals surface area contributed by atoms with Crippen LogP contribution >= 0.6 is 0 Å². The molecule has 5 rings (SSSR count). The molecular formula is C22H25N7O. The van der Waals surface area contributed by atoms with Crippen LogP contribution in [0.25, 0.3) is 22.4 Å². The van der Waals surface area contributed by atoms with Crippen molar-refractivity contribution < 1.29 is 4.74 Å². The van der Waals surface area contributed by atoms with Gasteiger partial charge in [-0.2, -0.15) is 4.99 Å². The number of nitrogens with zero attached hydrogens (tertiary/aromatic N) is 4. The van der Waals surface area contributed by atoms with Crippen molar-refractivity contribution in [3.05, 3.63) is 42.5 Å². The Hall–Kier alpha value is -3.55. The van der Waals surface area contributed by atoms with E-state index >= 15 is 0 Å². The molecule has 8 nitrogen and oxygen atoms in total. The van der Waals surface area contributed by atoms with Crippen molar-refractivity contribution in [2.24, 2.45) is 21.5 Å². The Morgan fingerprint density at radius 3 is 2.70 bits per heavy atom. The first kappa shape index (κ1) is 18.5. The molecule has 1 aliphatic carbocycles. The lowest BCUT2D eigenvalue weighted by molar-refractivity contribution is 0.305. The van der Waals surface area contributed by atoms with Gasteiger partial charge in [0.15, 0.2) is 0 Å². The highest BCUT2D eigenvalue weighted by atomic mass is 16.5. The number of methoxy groups -OCH3 is 1. The SMILES string of the molecule is COc1cccc(-c2nc3ccc(N4C(N)=NC(N)=NC45CCCCC5)cc3[nH]2)c1. The molecule has 5 N–H and O–H groups in total. The number of aromatic amines is 1. The van der Waals surface area contributed by atoms with Crippen LogP contribution in [0.15, 0.2) is 52.4 Å². The molecule has 0 amide bonds. The smallest absolute Gasteiger partial charge is 0.220 e. The lowest BCUT2D eigenvalue weighted by atomic mass is 9.87. The first-order valence-corrected chi connectivity index (χ1v) is 10.2. The number of ether oxygens (including phenoxy) is 1. The Balaban J connectivity index is 1.56. The number of hydrogen-bond donors (Lipinski definition) is 3. The summed E-state index contributed by atoms with van der Waals surface area (Å²) in [5, 5.41) is 0. The molecule has 1 spiro atoms. The summed E-state index contributed by atoms with van der Waals surface area (Å²) < 4.78 is 5.34. The van der Waals surface area contributed by atoms with Gasteiger partial charge >= 0.3 is 0 Å². The molecule has 0 unspecified atom stereocenters. The summed E-state index contributed by atoms with van der Waals surface area (Å²) in [5.41, 5.74) is 15.6. The van der Waals surface area contributed by atoms with Crippen molar-refractivity contribution in [3.8, 4) is 17.1 Å². The van der Waals surface area contributed by atoms with Crippen molar-refractivity contribution >= 4 is 28.6 Å². The molecular weight excluding hydrogens is 378 g/mol. The summed E-state index contributed by atoms with van der Waals surface area (Å²) >= 11 is 0. The third-order valence-electron chi connectivity index (χ3n) is 5.92. The maximum absolute atomic E-state index is 6.35. The van der Waals surface area contributed by atoms with Gasteiger partial charge in [0.1, 0.15) is 17.2 Å². The van der Waals surface area contributed by atoms with Crippen LogP contribution in [0.2, 0.25) is 0 Å². The van der Waals surface area contributed by atoms with Crippen LogP contribution in [0, 0.1) is 0 Å². The van der Waals surface area contributed by atoms with Crippen LogP contribution < -0.4 is 21.1 Å². The summed E-state index contributed by atoms with van der Waals surface area (Å²) in [6.45, 7) is 0. The third kappa shape index (κ3) is 3.04. The molecule has 2 aromatic carbocycles. The van der Waals surface area contributed by atoms with Crippen molar-refractivity contribution in [1.82, 2.24) is 9.97 Å². The molecule has 3 aromatic rings. The van der Waals surface area contributed by atoms with E-state index in [1.165, 1.54) is 6.42 Å². The summed E-state index contributed by atoms with van der Waals surface area (Å²) in [5.74, 6) is 2.22. The van der Waals surface area contributed by atoms with Crippen LogP contribution in [0.3, 0.4) is 0 Å². The minimum atomic E-state index is -0.461. The van der Waals surface area contributed by atoms with Crippen molar-refractivity contribution in [1.29, 1.82) is 0 Å². The van der Waals surface area contributed by atoms with Crippen LogP contribution in [-0.4, -0.2) is 34.7 Å². The second-order valence-electron chi connectivity index (χ2n) is 7.84. The summed E-state index contributed by atoms with van der Waals surface area (Å²) in [6, 6.07) is 13.9. The average Bonchev–Trinajstić information content (AvgIpc) is 3.17. The average molecular weight is 403 g/mol. The molecule has 0 atom stereocenters. The predicted molar refractivity (Wildman–Crippen MR) is 120 cm³/mol. The van der Waals surface area contributed by atoms with Crippen LogP contribution in [0.5, 0.6) is 5.75 Å². The summed E-state index contributed by atoms with van der Waals surface area (Å²) in [7, 11) is 1.66. The number of benzene rings is 2. The number of aliphatic imine (C=N–C) groups is 2. The Morgan fingerprint density at radius 2 is 1.90 bits per heavy atom. The molecule has 2 aliphatic rings. The summed E-state index contributed by atoms with van der Waals surface area (Å²) in [6.07, 6.45) is 5.19. The van der Waals surface area contributed by atoms with E-state index in [2.05, 4.69) is 16.0 Å². The van der Waals surface area contributed by atoms with Gasteiger partial charge in [-0.25, -0.2) is 9.98 Å². The fourth-order valence-corrected chi connectivity index (χ4v) is 4.54. The molecule has 0 radical (unpaired) electrons. The highest BCUT2D eigenvalue weighted by Gasteiger charge is 2.42.